The minimum Gasteiger partial charge on any atom is -0.497 e. The summed E-state index contributed by atoms with van der Waals surface area (Å²) in [6.45, 7) is 10.8. The summed E-state index contributed by atoms with van der Waals surface area (Å²) >= 11 is 0. The van der Waals surface area contributed by atoms with Crippen LogP contribution in [0.4, 0.5) is 5.69 Å². The van der Waals surface area contributed by atoms with Gasteiger partial charge in [-0.25, -0.2) is 0 Å². The van der Waals surface area contributed by atoms with Crippen LogP contribution in [-0.2, 0) is 48.6 Å². The van der Waals surface area contributed by atoms with E-state index in [1.807, 2.05) is 83.4 Å². The highest BCUT2D eigenvalue weighted by atomic mass is 32.2. The molecule has 0 radical (unpaired) electrons. The van der Waals surface area contributed by atoms with Crippen LogP contribution in [0.25, 0.3) is 0 Å². The number of hydrogen-bond acceptors (Lipinski definition) is 8. The molecule has 0 amide bonds. The van der Waals surface area contributed by atoms with Crippen molar-refractivity contribution in [2.75, 3.05) is 66.4 Å². The van der Waals surface area contributed by atoms with Crippen molar-refractivity contribution in [3.05, 3.63) is 326 Å². The topological polar surface area (TPSA) is 80.5 Å². The van der Waals surface area contributed by atoms with Crippen molar-refractivity contribution >= 4 is 44.3 Å². The fourth-order valence-electron chi connectivity index (χ4n) is 16.5. The number of carbonyl (C=O) groups is 1. The fraction of sp³-hybridized carbons (Fsp3) is 0.368. The SMILES string of the molecule is CN1CCC(N2CCCCC2)CC1.COc1ccc(CC(N)C(=O)OC(C)(C)C)cc1.COc1ccc(N(C)C)cc1.c1ccc([S+](c2ccccc2)c2ccc(C3CCCCC3)cc2)cc1.c1ccc([S+](c2ccccc2)c2ccc(C3CCCCC3)cc2)cc1.c1ccc([S+](c2ccccc2)c2ccc(C3CCCCC3)cc2)cc1. The normalized spacial score (nSPS) is 16.0. The number of hydrogen-bond donors (Lipinski definition) is 1. The Morgan fingerprint density at radius 1 is 0.368 bits per heavy atom. The zero-order chi connectivity index (χ0) is 81.8. The van der Waals surface area contributed by atoms with Gasteiger partial charge in [-0.05, 0) is 310 Å². The number of piperidine rings is 2. The molecule has 11 aromatic carbocycles. The van der Waals surface area contributed by atoms with E-state index in [1.165, 1.54) is 221 Å². The average Bonchev–Trinajstić information content (AvgIpc) is 0.816. The molecule has 0 spiro atoms. The van der Waals surface area contributed by atoms with Crippen LogP contribution < -0.4 is 20.1 Å². The Hall–Kier alpha value is -8.78. The molecule has 1 atom stereocenters. The first kappa shape index (κ1) is 89.0. The Bertz CT molecular complexity index is 4060. The van der Waals surface area contributed by atoms with Gasteiger partial charge in [0, 0.05) is 25.8 Å². The number of ether oxygens (including phenoxy) is 3. The summed E-state index contributed by atoms with van der Waals surface area (Å²) in [5, 5.41) is 0. The number of esters is 1. The first-order chi connectivity index (χ1) is 57.2. The van der Waals surface area contributed by atoms with Crippen LogP contribution in [0.3, 0.4) is 0 Å². The van der Waals surface area contributed by atoms with Gasteiger partial charge in [0.1, 0.15) is 23.1 Å². The van der Waals surface area contributed by atoms with Crippen molar-refractivity contribution in [3.8, 4) is 11.5 Å². The maximum Gasteiger partial charge on any atom is 0.323 e. The Kier molecular flexibility index (Phi) is 36.3. The predicted octanol–water partition coefficient (Wildman–Crippen LogP) is 25.7. The molecule has 2 aliphatic heterocycles. The molecule has 2 N–H and O–H groups in total. The van der Waals surface area contributed by atoms with Gasteiger partial charge in [0.05, 0.1) is 46.9 Å². The molecule has 8 nitrogen and oxygen atoms in total. The molecule has 0 bridgehead atoms. The first-order valence-electron chi connectivity index (χ1n) is 43.3. The molecule has 16 rings (SSSR count). The third-order valence-corrected chi connectivity index (χ3v) is 29.7. The monoisotopic (exact) mass is 1620 g/mol. The van der Waals surface area contributed by atoms with E-state index in [4.69, 9.17) is 19.9 Å². The van der Waals surface area contributed by atoms with Gasteiger partial charge in [0.15, 0.2) is 44.1 Å². The largest absolute Gasteiger partial charge is 0.497 e. The van der Waals surface area contributed by atoms with Crippen molar-refractivity contribution in [1.82, 2.24) is 9.80 Å². The molecule has 11 aromatic rings. The Labute approximate surface area is 712 Å². The molecule has 11 heteroatoms. The number of methoxy groups -OCH3 is 2. The third-order valence-electron chi connectivity index (χ3n) is 23.0. The van der Waals surface area contributed by atoms with Gasteiger partial charge >= 0.3 is 5.97 Å². The van der Waals surface area contributed by atoms with E-state index in [0.717, 1.165) is 40.9 Å². The summed E-state index contributed by atoms with van der Waals surface area (Å²) in [5.41, 5.74) is 12.1. The Morgan fingerprint density at radius 2 is 0.641 bits per heavy atom. The van der Waals surface area contributed by atoms with Crippen LogP contribution in [-0.4, -0.2) is 95.0 Å². The fourth-order valence-corrected chi connectivity index (χ4v) is 22.8. The lowest BCUT2D eigenvalue weighted by Crippen LogP contribution is -2.45. The zero-order valence-corrected chi connectivity index (χ0v) is 73.7. The molecule has 3 aliphatic carbocycles. The van der Waals surface area contributed by atoms with Crippen LogP contribution in [0, 0.1) is 0 Å². The lowest BCUT2D eigenvalue weighted by Gasteiger charge is -2.39. The van der Waals surface area contributed by atoms with E-state index in [2.05, 4.69) is 277 Å². The first-order valence-corrected chi connectivity index (χ1v) is 47.0. The quantitative estimate of drug-likeness (QED) is 0.0634. The summed E-state index contributed by atoms with van der Waals surface area (Å²) in [5.74, 6) is 3.63. The van der Waals surface area contributed by atoms with Gasteiger partial charge in [0.2, 0.25) is 0 Å². The highest BCUT2D eigenvalue weighted by Gasteiger charge is 2.33. The smallest absolute Gasteiger partial charge is 0.323 e. The van der Waals surface area contributed by atoms with Crippen molar-refractivity contribution < 1.29 is 19.0 Å². The zero-order valence-electron chi connectivity index (χ0n) is 71.2. The van der Waals surface area contributed by atoms with E-state index in [9.17, 15) is 4.79 Å². The average molecular weight is 1620 g/mol. The summed E-state index contributed by atoms with van der Waals surface area (Å²) in [4.78, 5) is 31.5. The highest BCUT2D eigenvalue weighted by molar-refractivity contribution is 7.97. The lowest BCUT2D eigenvalue weighted by atomic mass is 9.84. The number of rotatable bonds is 19. The summed E-state index contributed by atoms with van der Waals surface area (Å²) in [6.07, 6.45) is 28.4. The van der Waals surface area contributed by atoms with E-state index in [1.54, 1.807) is 14.2 Å². The van der Waals surface area contributed by atoms with Crippen LogP contribution in [0.2, 0.25) is 0 Å². The Morgan fingerprint density at radius 3 is 0.915 bits per heavy atom. The van der Waals surface area contributed by atoms with Crippen molar-refractivity contribution in [2.45, 2.75) is 235 Å². The van der Waals surface area contributed by atoms with Crippen molar-refractivity contribution in [3.63, 3.8) is 0 Å². The van der Waals surface area contributed by atoms with Gasteiger partial charge < -0.3 is 34.6 Å². The number of likely N-dealkylation sites (tertiary alicyclic amines) is 2. The summed E-state index contributed by atoms with van der Waals surface area (Å²) < 4.78 is 15.3. The van der Waals surface area contributed by atoms with Gasteiger partial charge in [0.25, 0.3) is 0 Å². The van der Waals surface area contributed by atoms with Gasteiger partial charge in [-0.1, -0.05) is 222 Å². The number of carbonyl (C=O) groups excluding carboxylic acids is 1. The van der Waals surface area contributed by atoms with Crippen molar-refractivity contribution in [1.29, 1.82) is 0 Å². The molecule has 0 aromatic heterocycles. The number of anilines is 1. The van der Waals surface area contributed by atoms with Crippen LogP contribution >= 0.6 is 0 Å². The van der Waals surface area contributed by atoms with E-state index in [-0.39, 0.29) is 38.7 Å². The second kappa shape index (κ2) is 47.7. The molecule has 2 saturated heterocycles. The molecule has 3 saturated carbocycles. The summed E-state index contributed by atoms with van der Waals surface area (Å²) in [6, 6.07) is 110. The van der Waals surface area contributed by atoms with Crippen LogP contribution in [0.15, 0.2) is 347 Å². The van der Waals surface area contributed by atoms with Gasteiger partial charge in [-0.3, -0.25) is 4.79 Å². The maximum atomic E-state index is 11.7. The molecule has 5 aliphatic rings. The van der Waals surface area contributed by atoms with Crippen LogP contribution in [0.1, 0.15) is 189 Å². The van der Waals surface area contributed by atoms with E-state index in [0.29, 0.717) is 6.42 Å². The molecular weight excluding hydrogens is 1490 g/mol. The molecule has 1 unspecified atom stereocenters. The number of benzene rings is 11. The standard InChI is InChI=1S/3C24H25S.C14H21NO3.C11H22N2.C9H13NO/c3*1-4-10-20(11-5-1)21-16-18-24(19-17-21)25(22-12-6-2-7-13-22)23-14-8-3-9-15-23;1-14(2,3)18-13(16)12(15)9-10-5-7-11(17-4)8-6-10;1-12-9-5-11(6-10-12)13-7-3-2-4-8-13;1-10(2)8-4-6-9(11-3)7-5-8/h3*2-3,6-9,12-20H,1,4-5,10-11H2;5-8,12H,9,15H2,1-4H3;11H,2-10H2,1H3;4-7H,1-3H3/q3*+1;;;. The molecule has 117 heavy (non-hydrogen) atoms. The maximum absolute atomic E-state index is 11.7. The van der Waals surface area contributed by atoms with Gasteiger partial charge in [-0.2, -0.15) is 0 Å². The summed E-state index contributed by atoms with van der Waals surface area (Å²) in [7, 11) is 9.47. The second-order valence-electron chi connectivity index (χ2n) is 32.9. The van der Waals surface area contributed by atoms with Crippen LogP contribution in [0.5, 0.6) is 11.5 Å². The molecular formula is C106H131N4O4S3+3. The van der Waals surface area contributed by atoms with Crippen molar-refractivity contribution in [2.24, 2.45) is 5.73 Å². The number of nitrogens with two attached hydrogens (primary N) is 1. The molecule has 614 valence electrons. The van der Waals surface area contributed by atoms with E-state index < -0.39 is 11.6 Å². The highest BCUT2D eigenvalue weighted by Crippen LogP contribution is 2.40. The predicted molar refractivity (Wildman–Crippen MR) is 496 cm³/mol. The Balaban J connectivity index is 0.000000141. The number of nitrogens with zero attached hydrogens (tertiary/aromatic N) is 3. The van der Waals surface area contributed by atoms with Gasteiger partial charge in [-0.15, -0.1) is 0 Å². The molecule has 2 heterocycles. The third kappa shape index (κ3) is 28.5. The molecule has 5 fully saturated rings. The second-order valence-corrected chi connectivity index (χ2v) is 39.0. The van der Waals surface area contributed by atoms with E-state index >= 15 is 0 Å². The minimum atomic E-state index is -0.641. The lowest BCUT2D eigenvalue weighted by molar-refractivity contribution is -0.156. The minimum absolute atomic E-state index is 0.0278.